The SMILES string of the molecule is COCCNc1cnc(N(C)C)c2cccc(C)c12. The average Bonchev–Trinajstić information content (AvgIpc) is 2.38. The number of nitrogens with zero attached hydrogens (tertiary/aromatic N) is 2. The molecular formula is C15H21N3O. The zero-order valence-corrected chi connectivity index (χ0v) is 12.0. The molecule has 2 rings (SSSR count). The number of aryl methyl sites for hydroxylation is 1. The standard InChI is InChI=1S/C15H21N3O/c1-11-6-5-7-12-14(11)13(16-8-9-19-4)10-17-15(12)18(2)3/h5-7,10,16H,8-9H2,1-4H3. The van der Waals surface area contributed by atoms with Gasteiger partial charge >= 0.3 is 0 Å². The van der Waals surface area contributed by atoms with Gasteiger partial charge in [0.2, 0.25) is 0 Å². The Morgan fingerprint density at radius 1 is 1.32 bits per heavy atom. The minimum atomic E-state index is 0.683. The van der Waals surface area contributed by atoms with Crippen molar-refractivity contribution in [2.75, 3.05) is 44.6 Å². The molecule has 0 bridgehead atoms. The molecule has 1 aromatic carbocycles. The number of rotatable bonds is 5. The predicted molar refractivity (Wildman–Crippen MR) is 81.2 cm³/mol. The molecule has 0 atom stereocenters. The van der Waals surface area contributed by atoms with Gasteiger partial charge in [-0.15, -0.1) is 0 Å². The Kier molecular flexibility index (Phi) is 4.22. The van der Waals surface area contributed by atoms with Crippen molar-refractivity contribution in [3.05, 3.63) is 30.0 Å². The fourth-order valence-corrected chi connectivity index (χ4v) is 2.25. The summed E-state index contributed by atoms with van der Waals surface area (Å²) in [6.07, 6.45) is 1.90. The first-order valence-electron chi connectivity index (χ1n) is 6.43. The van der Waals surface area contributed by atoms with Gasteiger partial charge in [-0.2, -0.15) is 0 Å². The highest BCUT2D eigenvalue weighted by Crippen LogP contribution is 2.31. The van der Waals surface area contributed by atoms with E-state index in [1.807, 2.05) is 25.2 Å². The Morgan fingerprint density at radius 2 is 2.11 bits per heavy atom. The number of benzene rings is 1. The maximum atomic E-state index is 5.08. The quantitative estimate of drug-likeness (QED) is 0.838. The molecular weight excluding hydrogens is 238 g/mol. The summed E-state index contributed by atoms with van der Waals surface area (Å²) >= 11 is 0. The van der Waals surface area contributed by atoms with Crippen LogP contribution in [-0.2, 0) is 4.74 Å². The molecule has 0 saturated heterocycles. The van der Waals surface area contributed by atoms with Gasteiger partial charge in [-0.05, 0) is 12.5 Å². The second-order valence-electron chi connectivity index (χ2n) is 4.81. The number of methoxy groups -OCH3 is 1. The number of anilines is 2. The molecule has 4 heteroatoms. The van der Waals surface area contributed by atoms with Crippen molar-refractivity contribution >= 4 is 22.3 Å². The van der Waals surface area contributed by atoms with E-state index in [9.17, 15) is 0 Å². The third-order valence-corrected chi connectivity index (χ3v) is 3.14. The zero-order chi connectivity index (χ0) is 13.8. The van der Waals surface area contributed by atoms with Crippen LogP contribution in [0.1, 0.15) is 5.56 Å². The normalized spacial score (nSPS) is 10.7. The van der Waals surface area contributed by atoms with Crippen LogP contribution in [0.5, 0.6) is 0 Å². The summed E-state index contributed by atoms with van der Waals surface area (Å²) in [5.41, 5.74) is 2.32. The number of nitrogens with one attached hydrogen (secondary N) is 1. The third kappa shape index (κ3) is 2.79. The molecule has 0 amide bonds. The van der Waals surface area contributed by atoms with Crippen molar-refractivity contribution in [3.63, 3.8) is 0 Å². The third-order valence-electron chi connectivity index (χ3n) is 3.14. The van der Waals surface area contributed by atoms with Crippen molar-refractivity contribution in [2.24, 2.45) is 0 Å². The number of aromatic nitrogens is 1. The molecule has 1 N–H and O–H groups in total. The fraction of sp³-hybridized carbons (Fsp3) is 0.400. The largest absolute Gasteiger partial charge is 0.383 e. The van der Waals surface area contributed by atoms with Crippen molar-refractivity contribution in [3.8, 4) is 0 Å². The van der Waals surface area contributed by atoms with Gasteiger partial charge in [0, 0.05) is 38.5 Å². The molecule has 0 spiro atoms. The Balaban J connectivity index is 2.51. The van der Waals surface area contributed by atoms with Crippen LogP contribution in [0.15, 0.2) is 24.4 Å². The number of hydrogen-bond acceptors (Lipinski definition) is 4. The zero-order valence-electron chi connectivity index (χ0n) is 12.0. The molecule has 0 unspecified atom stereocenters. The van der Waals surface area contributed by atoms with Crippen LogP contribution in [0.4, 0.5) is 11.5 Å². The lowest BCUT2D eigenvalue weighted by molar-refractivity contribution is 0.211. The van der Waals surface area contributed by atoms with Gasteiger partial charge in [0.05, 0.1) is 18.5 Å². The smallest absolute Gasteiger partial charge is 0.136 e. The first-order chi connectivity index (χ1) is 9.15. The highest BCUT2D eigenvalue weighted by molar-refractivity contribution is 6.02. The van der Waals surface area contributed by atoms with E-state index in [1.165, 1.54) is 16.3 Å². The molecule has 0 aliphatic carbocycles. The van der Waals surface area contributed by atoms with Gasteiger partial charge in [0.1, 0.15) is 5.82 Å². The summed E-state index contributed by atoms with van der Waals surface area (Å²) in [4.78, 5) is 6.59. The van der Waals surface area contributed by atoms with Crippen LogP contribution >= 0.6 is 0 Å². The first-order valence-corrected chi connectivity index (χ1v) is 6.43. The summed E-state index contributed by atoms with van der Waals surface area (Å²) in [5, 5.41) is 5.80. The number of pyridine rings is 1. The van der Waals surface area contributed by atoms with E-state index in [2.05, 4.69) is 35.4 Å². The molecule has 0 aliphatic heterocycles. The van der Waals surface area contributed by atoms with E-state index >= 15 is 0 Å². The van der Waals surface area contributed by atoms with Crippen LogP contribution in [0, 0.1) is 6.92 Å². The molecule has 0 fully saturated rings. The Bertz CT molecular complexity index is 567. The number of ether oxygens (including phenoxy) is 1. The highest BCUT2D eigenvalue weighted by atomic mass is 16.5. The molecule has 19 heavy (non-hydrogen) atoms. The van der Waals surface area contributed by atoms with E-state index in [-0.39, 0.29) is 0 Å². The van der Waals surface area contributed by atoms with Crippen LogP contribution in [0.25, 0.3) is 10.8 Å². The van der Waals surface area contributed by atoms with E-state index in [0.29, 0.717) is 6.61 Å². The van der Waals surface area contributed by atoms with E-state index in [4.69, 9.17) is 4.74 Å². The van der Waals surface area contributed by atoms with Crippen molar-refractivity contribution in [1.82, 2.24) is 4.98 Å². The first kappa shape index (κ1) is 13.6. The summed E-state index contributed by atoms with van der Waals surface area (Å²) < 4.78 is 5.08. The molecule has 1 heterocycles. The summed E-state index contributed by atoms with van der Waals surface area (Å²) in [6.45, 7) is 3.59. The Labute approximate surface area is 114 Å². The van der Waals surface area contributed by atoms with Gasteiger partial charge in [0.15, 0.2) is 0 Å². The molecule has 0 aliphatic rings. The van der Waals surface area contributed by atoms with Gasteiger partial charge in [-0.25, -0.2) is 4.98 Å². The second-order valence-corrected chi connectivity index (χ2v) is 4.81. The van der Waals surface area contributed by atoms with Crippen LogP contribution in [0.2, 0.25) is 0 Å². The minimum Gasteiger partial charge on any atom is -0.383 e. The second kappa shape index (κ2) is 5.89. The fourth-order valence-electron chi connectivity index (χ4n) is 2.25. The summed E-state index contributed by atoms with van der Waals surface area (Å²) in [7, 11) is 5.74. The summed E-state index contributed by atoms with van der Waals surface area (Å²) in [6, 6.07) is 6.32. The van der Waals surface area contributed by atoms with Gasteiger partial charge < -0.3 is 15.0 Å². The monoisotopic (exact) mass is 259 g/mol. The molecule has 102 valence electrons. The van der Waals surface area contributed by atoms with Crippen LogP contribution < -0.4 is 10.2 Å². The maximum Gasteiger partial charge on any atom is 0.136 e. The van der Waals surface area contributed by atoms with Gasteiger partial charge in [0.25, 0.3) is 0 Å². The lowest BCUT2D eigenvalue weighted by Crippen LogP contribution is -2.13. The topological polar surface area (TPSA) is 37.4 Å². The van der Waals surface area contributed by atoms with Crippen LogP contribution in [-0.4, -0.2) is 39.3 Å². The number of hydrogen-bond donors (Lipinski definition) is 1. The van der Waals surface area contributed by atoms with Gasteiger partial charge in [-0.3, -0.25) is 0 Å². The van der Waals surface area contributed by atoms with Gasteiger partial charge in [-0.1, -0.05) is 18.2 Å². The highest BCUT2D eigenvalue weighted by Gasteiger charge is 2.10. The van der Waals surface area contributed by atoms with Crippen molar-refractivity contribution in [2.45, 2.75) is 6.92 Å². The molecule has 0 saturated carbocycles. The predicted octanol–water partition coefficient (Wildman–Crippen LogP) is 2.67. The van der Waals surface area contributed by atoms with E-state index < -0.39 is 0 Å². The lowest BCUT2D eigenvalue weighted by Gasteiger charge is -2.18. The number of fused-ring (bicyclic) bond motifs is 1. The molecule has 4 nitrogen and oxygen atoms in total. The van der Waals surface area contributed by atoms with Crippen molar-refractivity contribution < 1.29 is 4.74 Å². The Morgan fingerprint density at radius 3 is 2.79 bits per heavy atom. The Hall–Kier alpha value is -1.81. The van der Waals surface area contributed by atoms with Crippen LogP contribution in [0.3, 0.4) is 0 Å². The lowest BCUT2D eigenvalue weighted by atomic mass is 10.0. The maximum absolute atomic E-state index is 5.08. The van der Waals surface area contributed by atoms with E-state index in [0.717, 1.165) is 18.1 Å². The average molecular weight is 259 g/mol. The van der Waals surface area contributed by atoms with E-state index in [1.54, 1.807) is 7.11 Å². The molecule has 0 radical (unpaired) electrons. The van der Waals surface area contributed by atoms with Crippen molar-refractivity contribution in [1.29, 1.82) is 0 Å². The molecule has 2 aromatic rings. The minimum absolute atomic E-state index is 0.683. The summed E-state index contributed by atoms with van der Waals surface area (Å²) in [5.74, 6) is 0.996. The molecule has 1 aromatic heterocycles.